The number of hydrogen-bond acceptors (Lipinski definition) is 4. The molecule has 0 aliphatic heterocycles. The van der Waals surface area contributed by atoms with E-state index in [1.165, 1.54) is 16.2 Å². The molecule has 0 atom stereocenters. The van der Waals surface area contributed by atoms with Crippen LogP contribution in [0.3, 0.4) is 0 Å². The van der Waals surface area contributed by atoms with Gasteiger partial charge in [0.25, 0.3) is 5.56 Å². The maximum Gasteiger partial charge on any atom is 0.267 e. The molecule has 0 N–H and O–H groups in total. The van der Waals surface area contributed by atoms with Gasteiger partial charge in [-0.2, -0.15) is 0 Å². The molecule has 2 aromatic heterocycles. The summed E-state index contributed by atoms with van der Waals surface area (Å²) in [5.74, 6) is 0. The van der Waals surface area contributed by atoms with E-state index < -0.39 is 0 Å². The summed E-state index contributed by atoms with van der Waals surface area (Å²) in [5, 5.41) is 1.26. The highest BCUT2D eigenvalue weighted by Gasteiger charge is 2.12. The van der Waals surface area contributed by atoms with E-state index in [2.05, 4.69) is 9.98 Å². The zero-order valence-corrected chi connectivity index (χ0v) is 15.7. The van der Waals surface area contributed by atoms with E-state index in [0.29, 0.717) is 26.9 Å². The molecule has 6 heteroatoms. The number of pyridine rings is 1. The predicted octanol–water partition coefficient (Wildman–Crippen LogP) is 5.25. The van der Waals surface area contributed by atoms with Crippen LogP contribution < -0.4 is 5.56 Å². The van der Waals surface area contributed by atoms with Crippen LogP contribution in [0.5, 0.6) is 0 Å². The van der Waals surface area contributed by atoms with Crippen molar-refractivity contribution < 1.29 is 0 Å². The van der Waals surface area contributed by atoms with Gasteiger partial charge in [0, 0.05) is 22.3 Å². The number of aliphatic imine (C=N–C) groups is 1. The minimum Gasteiger partial charge on any atom is -0.268 e. The van der Waals surface area contributed by atoms with E-state index in [9.17, 15) is 4.79 Å². The van der Waals surface area contributed by atoms with Crippen LogP contribution in [0.15, 0.2) is 98.7 Å². The third kappa shape index (κ3) is 3.94. The molecule has 4 aromatic rings. The Bertz CT molecular complexity index is 1170. The van der Waals surface area contributed by atoms with Gasteiger partial charge in [0.15, 0.2) is 0 Å². The Kier molecular flexibility index (Phi) is 5.05. The van der Waals surface area contributed by atoms with E-state index in [1.54, 1.807) is 42.7 Å². The molecule has 2 heterocycles. The van der Waals surface area contributed by atoms with Crippen LogP contribution in [0.2, 0.25) is 5.02 Å². The second kappa shape index (κ2) is 7.78. The molecular weight excluding hydrogens is 378 g/mol. The van der Waals surface area contributed by atoms with Gasteiger partial charge in [0.05, 0.1) is 11.3 Å². The maximum atomic E-state index is 13.0. The molecule has 132 valence electrons. The van der Waals surface area contributed by atoms with Crippen LogP contribution in [0, 0.1) is 0 Å². The van der Waals surface area contributed by atoms with Gasteiger partial charge in [-0.15, -0.1) is 0 Å². The number of nitrogens with zero attached hydrogens (tertiary/aromatic N) is 3. The molecule has 0 fully saturated rings. The van der Waals surface area contributed by atoms with Gasteiger partial charge in [-0.05, 0) is 48.5 Å². The van der Waals surface area contributed by atoms with E-state index in [1.807, 2.05) is 42.5 Å². The maximum absolute atomic E-state index is 13.0. The summed E-state index contributed by atoms with van der Waals surface area (Å²) in [6.07, 6.45) is 3.28. The average molecular weight is 392 g/mol. The Morgan fingerprint density at radius 1 is 0.963 bits per heavy atom. The van der Waals surface area contributed by atoms with Crippen molar-refractivity contribution in [2.24, 2.45) is 4.99 Å². The number of fused-ring (bicyclic) bond motifs is 1. The molecule has 0 aliphatic rings. The van der Waals surface area contributed by atoms with Crippen molar-refractivity contribution in [1.82, 2.24) is 9.38 Å². The van der Waals surface area contributed by atoms with E-state index >= 15 is 0 Å². The molecule has 4 nitrogen and oxygen atoms in total. The Labute approximate surface area is 165 Å². The Balaban J connectivity index is 1.83. The van der Waals surface area contributed by atoms with Crippen LogP contribution in [-0.4, -0.2) is 15.6 Å². The molecule has 0 aliphatic carbocycles. The molecule has 0 bridgehead atoms. The van der Waals surface area contributed by atoms with Crippen LogP contribution in [0.25, 0.3) is 5.65 Å². The van der Waals surface area contributed by atoms with Crippen molar-refractivity contribution in [3.05, 3.63) is 99.9 Å². The van der Waals surface area contributed by atoms with Crippen molar-refractivity contribution in [3.63, 3.8) is 0 Å². The third-order valence-corrected chi connectivity index (χ3v) is 5.13. The SMILES string of the molecule is O=c1c(C=Nc2ccc(Cl)cc2)c(Sc2ccccc2)nc2ccccn12. The molecular formula is C21H14ClN3OS. The third-order valence-electron chi connectivity index (χ3n) is 3.86. The second-order valence-corrected chi connectivity index (χ2v) is 7.21. The van der Waals surface area contributed by atoms with E-state index in [0.717, 1.165) is 4.90 Å². The number of rotatable bonds is 4. The van der Waals surface area contributed by atoms with E-state index in [-0.39, 0.29) is 5.56 Å². The molecule has 0 amide bonds. The monoisotopic (exact) mass is 391 g/mol. The minimum atomic E-state index is -0.156. The molecule has 0 radical (unpaired) electrons. The van der Waals surface area contributed by atoms with Gasteiger partial charge >= 0.3 is 0 Å². The minimum absolute atomic E-state index is 0.156. The number of halogens is 1. The van der Waals surface area contributed by atoms with Crippen molar-refractivity contribution in [1.29, 1.82) is 0 Å². The molecule has 0 saturated carbocycles. The van der Waals surface area contributed by atoms with Crippen molar-refractivity contribution in [3.8, 4) is 0 Å². The van der Waals surface area contributed by atoms with Crippen LogP contribution in [-0.2, 0) is 0 Å². The molecule has 0 spiro atoms. The van der Waals surface area contributed by atoms with Gasteiger partial charge in [0.2, 0.25) is 0 Å². The highest BCUT2D eigenvalue weighted by Crippen LogP contribution is 2.27. The summed E-state index contributed by atoms with van der Waals surface area (Å²) in [7, 11) is 0. The topological polar surface area (TPSA) is 46.7 Å². The summed E-state index contributed by atoms with van der Waals surface area (Å²) in [5.41, 5.74) is 1.61. The first kappa shape index (κ1) is 17.5. The lowest BCUT2D eigenvalue weighted by Gasteiger charge is -2.07. The smallest absolute Gasteiger partial charge is 0.267 e. The summed E-state index contributed by atoms with van der Waals surface area (Å²) >= 11 is 7.36. The quantitative estimate of drug-likeness (QED) is 0.352. The summed E-state index contributed by atoms with van der Waals surface area (Å²) in [6.45, 7) is 0. The normalized spacial score (nSPS) is 11.3. The first-order valence-electron chi connectivity index (χ1n) is 8.25. The van der Waals surface area contributed by atoms with Gasteiger partial charge in [0.1, 0.15) is 10.7 Å². The molecule has 4 rings (SSSR count). The number of hydrogen-bond donors (Lipinski definition) is 0. The second-order valence-electron chi connectivity index (χ2n) is 5.71. The van der Waals surface area contributed by atoms with Crippen molar-refractivity contribution in [2.75, 3.05) is 0 Å². The predicted molar refractivity (Wildman–Crippen MR) is 111 cm³/mol. The highest BCUT2D eigenvalue weighted by molar-refractivity contribution is 7.99. The fourth-order valence-corrected chi connectivity index (χ4v) is 3.57. The molecule has 0 unspecified atom stereocenters. The highest BCUT2D eigenvalue weighted by atomic mass is 35.5. The lowest BCUT2D eigenvalue weighted by molar-refractivity contribution is 0.977. The average Bonchev–Trinajstić information content (AvgIpc) is 2.70. The first-order valence-corrected chi connectivity index (χ1v) is 9.44. The van der Waals surface area contributed by atoms with Crippen LogP contribution >= 0.6 is 23.4 Å². The fourth-order valence-electron chi connectivity index (χ4n) is 2.54. The molecule has 0 saturated heterocycles. The van der Waals surface area contributed by atoms with Crippen molar-refractivity contribution in [2.45, 2.75) is 9.92 Å². The number of benzene rings is 2. The van der Waals surface area contributed by atoms with Gasteiger partial charge in [-0.1, -0.05) is 47.6 Å². The summed E-state index contributed by atoms with van der Waals surface area (Å²) in [4.78, 5) is 23.1. The summed E-state index contributed by atoms with van der Waals surface area (Å²) in [6, 6.07) is 22.4. The fraction of sp³-hybridized carbons (Fsp3) is 0. The lowest BCUT2D eigenvalue weighted by Crippen LogP contribution is -2.20. The standard InChI is InChI=1S/C21H14ClN3OS/c22-15-9-11-16(12-10-15)23-14-18-20(27-17-6-2-1-3-7-17)24-19-8-4-5-13-25(19)21(18)26/h1-14H. The Hall–Kier alpha value is -2.89. The molecule has 2 aromatic carbocycles. The Morgan fingerprint density at radius 2 is 1.70 bits per heavy atom. The summed E-state index contributed by atoms with van der Waals surface area (Å²) < 4.78 is 1.53. The largest absolute Gasteiger partial charge is 0.268 e. The zero-order valence-electron chi connectivity index (χ0n) is 14.1. The van der Waals surface area contributed by atoms with Gasteiger partial charge < -0.3 is 0 Å². The van der Waals surface area contributed by atoms with Gasteiger partial charge in [-0.3, -0.25) is 14.2 Å². The van der Waals surface area contributed by atoms with E-state index in [4.69, 9.17) is 11.6 Å². The van der Waals surface area contributed by atoms with Crippen molar-refractivity contribution >= 4 is 40.9 Å². The lowest BCUT2D eigenvalue weighted by atomic mass is 10.3. The first-order chi connectivity index (χ1) is 13.2. The molecule has 27 heavy (non-hydrogen) atoms. The Morgan fingerprint density at radius 3 is 2.48 bits per heavy atom. The van der Waals surface area contributed by atoms with Crippen LogP contribution in [0.1, 0.15) is 5.56 Å². The number of aromatic nitrogens is 2. The zero-order chi connectivity index (χ0) is 18.6. The van der Waals surface area contributed by atoms with Crippen LogP contribution in [0.4, 0.5) is 5.69 Å². The van der Waals surface area contributed by atoms with Gasteiger partial charge in [-0.25, -0.2) is 4.98 Å².